The summed E-state index contributed by atoms with van der Waals surface area (Å²) in [6.45, 7) is 5.31. The van der Waals surface area contributed by atoms with Crippen molar-refractivity contribution in [1.29, 1.82) is 0 Å². The largest absolute Gasteiger partial charge is 0.368 e. The third-order valence-electron chi connectivity index (χ3n) is 7.11. The van der Waals surface area contributed by atoms with E-state index in [1.807, 2.05) is 19.9 Å². The highest BCUT2D eigenvalue weighted by molar-refractivity contribution is 6.38. The molecule has 0 spiro atoms. The number of rotatable bonds is 16. The molecule has 2 unspecified atom stereocenters. The molecule has 0 aromatic carbocycles. The minimum atomic E-state index is -1.16. The van der Waals surface area contributed by atoms with Crippen LogP contribution in [0.3, 0.4) is 0 Å². The Morgan fingerprint density at radius 3 is 2.36 bits per heavy atom. The number of amides is 6. The number of hydrogen-bond acceptors (Lipinski definition) is 7. The number of carbonyl (C=O) groups excluding carboxylic acids is 7. The Bertz CT molecular complexity index is 1100. The SMILES string of the molecule is CCCC(NC(=O)[C@@H]1CCCN1C(=O)CNC(=O)CCC(C)C)C(=O)C(=O)NCC(=O)NC(C(N)=O)C1=CC=CCC1. The average Bonchev–Trinajstić information content (AvgIpc) is 3.46. The zero-order valence-corrected chi connectivity index (χ0v) is 24.7. The lowest BCUT2D eigenvalue weighted by atomic mass is 9.97. The second kappa shape index (κ2) is 17.0. The van der Waals surface area contributed by atoms with Gasteiger partial charge in [0.2, 0.25) is 35.3 Å². The minimum absolute atomic E-state index is 0.169. The van der Waals surface area contributed by atoms with Gasteiger partial charge in [-0.15, -0.1) is 0 Å². The monoisotopic (exact) mass is 588 g/mol. The van der Waals surface area contributed by atoms with Crippen LogP contribution >= 0.6 is 0 Å². The van der Waals surface area contributed by atoms with Crippen LogP contribution in [0.25, 0.3) is 0 Å². The molecule has 2 rings (SSSR count). The van der Waals surface area contributed by atoms with Crippen LogP contribution in [0, 0.1) is 5.92 Å². The van der Waals surface area contributed by atoms with Crippen LogP contribution in [-0.4, -0.2) is 83.9 Å². The quantitative estimate of drug-likeness (QED) is 0.153. The van der Waals surface area contributed by atoms with Gasteiger partial charge in [0.05, 0.1) is 19.1 Å². The first-order chi connectivity index (χ1) is 19.9. The lowest BCUT2D eigenvalue weighted by molar-refractivity contribution is -0.142. The maximum absolute atomic E-state index is 13.1. The van der Waals surface area contributed by atoms with Crippen molar-refractivity contribution in [2.75, 3.05) is 19.6 Å². The highest BCUT2D eigenvalue weighted by atomic mass is 16.2. The topological polar surface area (TPSA) is 197 Å². The zero-order chi connectivity index (χ0) is 31.2. The van der Waals surface area contributed by atoms with E-state index in [1.165, 1.54) is 4.90 Å². The molecule has 13 heteroatoms. The van der Waals surface area contributed by atoms with Gasteiger partial charge in [-0.05, 0) is 50.0 Å². The number of allylic oxidation sites excluding steroid dienone is 3. The number of hydrogen-bond donors (Lipinski definition) is 5. The molecule has 1 heterocycles. The standard InChI is InChI=1S/C29H44N6O7/c1-4-9-20(26(39)29(42)32-16-23(37)34-25(27(30)40)19-10-6-5-7-11-19)33-28(41)21-12-8-15-35(21)24(38)17-31-22(36)14-13-18(2)3/h5-6,10,18,20-21,25H,4,7-9,11-17H2,1-3H3,(H2,30,40)(H,31,36)(H,32,42)(H,33,41)(H,34,37)/t20?,21-,25?/m0/s1. The second-order valence-corrected chi connectivity index (χ2v) is 11.0. The molecule has 1 aliphatic heterocycles. The van der Waals surface area contributed by atoms with E-state index in [-0.39, 0.29) is 18.9 Å². The van der Waals surface area contributed by atoms with Crippen molar-refractivity contribution < 1.29 is 33.6 Å². The molecule has 1 fully saturated rings. The minimum Gasteiger partial charge on any atom is -0.368 e. The molecule has 13 nitrogen and oxygen atoms in total. The van der Waals surface area contributed by atoms with Crippen LogP contribution in [0.15, 0.2) is 23.8 Å². The number of likely N-dealkylation sites (tertiary alicyclic amines) is 1. The number of carbonyl (C=O) groups is 7. The van der Waals surface area contributed by atoms with Gasteiger partial charge in [0.25, 0.3) is 5.91 Å². The predicted octanol–water partition coefficient (Wildman–Crippen LogP) is -0.253. The van der Waals surface area contributed by atoms with E-state index in [0.717, 1.165) is 0 Å². The molecule has 6 amide bonds. The van der Waals surface area contributed by atoms with E-state index in [4.69, 9.17) is 5.73 Å². The first-order valence-corrected chi connectivity index (χ1v) is 14.6. The molecular formula is C29H44N6O7. The molecule has 1 aliphatic carbocycles. The molecule has 3 atom stereocenters. The molecule has 1 saturated heterocycles. The summed E-state index contributed by atoms with van der Waals surface area (Å²) in [5.41, 5.74) is 6.07. The van der Waals surface area contributed by atoms with Crippen molar-refractivity contribution in [3.8, 4) is 0 Å². The van der Waals surface area contributed by atoms with Gasteiger partial charge in [-0.25, -0.2) is 0 Å². The first-order valence-electron chi connectivity index (χ1n) is 14.6. The fourth-order valence-corrected chi connectivity index (χ4v) is 4.77. The second-order valence-electron chi connectivity index (χ2n) is 11.0. The van der Waals surface area contributed by atoms with Crippen molar-refractivity contribution in [1.82, 2.24) is 26.2 Å². The Balaban J connectivity index is 1.91. The van der Waals surface area contributed by atoms with Crippen molar-refractivity contribution in [3.05, 3.63) is 23.8 Å². The van der Waals surface area contributed by atoms with Crippen LogP contribution in [0.2, 0.25) is 0 Å². The Morgan fingerprint density at radius 2 is 1.74 bits per heavy atom. The molecule has 0 radical (unpaired) electrons. The molecule has 2 aliphatic rings. The van der Waals surface area contributed by atoms with E-state index in [1.54, 1.807) is 19.1 Å². The van der Waals surface area contributed by atoms with Gasteiger partial charge < -0.3 is 31.9 Å². The number of ketones is 1. The number of primary amides is 1. The Kier molecular flexibility index (Phi) is 13.9. The highest BCUT2D eigenvalue weighted by Gasteiger charge is 2.36. The maximum Gasteiger partial charge on any atom is 0.290 e. The van der Waals surface area contributed by atoms with Gasteiger partial charge in [-0.1, -0.05) is 45.4 Å². The number of nitrogens with zero attached hydrogens (tertiary/aromatic N) is 1. The molecule has 0 saturated carbocycles. The normalized spacial score (nSPS) is 17.6. The summed E-state index contributed by atoms with van der Waals surface area (Å²) in [6.07, 6.45) is 9.22. The fourth-order valence-electron chi connectivity index (χ4n) is 4.77. The predicted molar refractivity (Wildman–Crippen MR) is 154 cm³/mol. The van der Waals surface area contributed by atoms with Crippen molar-refractivity contribution >= 4 is 41.2 Å². The first kappa shape index (κ1) is 34.2. The number of nitrogens with two attached hydrogens (primary N) is 1. The van der Waals surface area contributed by atoms with Gasteiger partial charge >= 0.3 is 0 Å². The van der Waals surface area contributed by atoms with E-state index >= 15 is 0 Å². The molecule has 42 heavy (non-hydrogen) atoms. The van der Waals surface area contributed by atoms with Gasteiger partial charge in [0.1, 0.15) is 12.1 Å². The molecule has 232 valence electrons. The summed E-state index contributed by atoms with van der Waals surface area (Å²) in [4.78, 5) is 89.0. The maximum atomic E-state index is 13.1. The number of Topliss-reactive ketones (excluding diaryl/α,β-unsaturated/α-hetero) is 1. The van der Waals surface area contributed by atoms with Crippen LogP contribution in [0.1, 0.15) is 72.1 Å². The van der Waals surface area contributed by atoms with Gasteiger partial charge in [0.15, 0.2) is 0 Å². The third-order valence-corrected chi connectivity index (χ3v) is 7.11. The van der Waals surface area contributed by atoms with Crippen molar-refractivity contribution in [2.24, 2.45) is 11.7 Å². The molecule has 0 bridgehead atoms. The van der Waals surface area contributed by atoms with Gasteiger partial charge in [-0.3, -0.25) is 33.6 Å². The van der Waals surface area contributed by atoms with Crippen molar-refractivity contribution in [3.63, 3.8) is 0 Å². The summed E-state index contributed by atoms with van der Waals surface area (Å²) in [5.74, 6) is -4.30. The van der Waals surface area contributed by atoms with Crippen LogP contribution in [0.4, 0.5) is 0 Å². The van der Waals surface area contributed by atoms with Crippen molar-refractivity contribution in [2.45, 2.75) is 90.3 Å². The summed E-state index contributed by atoms with van der Waals surface area (Å²) in [7, 11) is 0. The third kappa shape index (κ3) is 10.7. The molecule has 0 aromatic rings. The van der Waals surface area contributed by atoms with Gasteiger partial charge in [-0.2, -0.15) is 0 Å². The molecule has 6 N–H and O–H groups in total. The number of nitrogens with one attached hydrogen (secondary N) is 4. The van der Waals surface area contributed by atoms with Crippen LogP contribution in [0.5, 0.6) is 0 Å². The average molecular weight is 589 g/mol. The van der Waals surface area contributed by atoms with E-state index in [9.17, 15) is 33.6 Å². The van der Waals surface area contributed by atoms with E-state index in [2.05, 4.69) is 21.3 Å². The fraction of sp³-hybridized carbons (Fsp3) is 0.621. The molecular weight excluding hydrogens is 544 g/mol. The Labute approximate surface area is 246 Å². The highest BCUT2D eigenvalue weighted by Crippen LogP contribution is 2.18. The van der Waals surface area contributed by atoms with Crippen LogP contribution in [-0.2, 0) is 33.6 Å². The summed E-state index contributed by atoms with van der Waals surface area (Å²) >= 11 is 0. The summed E-state index contributed by atoms with van der Waals surface area (Å²) in [5, 5.41) is 9.90. The lowest BCUT2D eigenvalue weighted by Gasteiger charge is -2.26. The molecule has 0 aromatic heterocycles. The van der Waals surface area contributed by atoms with Gasteiger partial charge in [0, 0.05) is 13.0 Å². The zero-order valence-electron chi connectivity index (χ0n) is 24.7. The Morgan fingerprint density at radius 1 is 1.00 bits per heavy atom. The Hall–Kier alpha value is -4.03. The summed E-state index contributed by atoms with van der Waals surface area (Å²) < 4.78 is 0. The summed E-state index contributed by atoms with van der Waals surface area (Å²) in [6, 6.07) is -3.02. The smallest absolute Gasteiger partial charge is 0.290 e. The van der Waals surface area contributed by atoms with E-state index in [0.29, 0.717) is 63.0 Å². The van der Waals surface area contributed by atoms with E-state index < -0.39 is 60.0 Å². The lowest BCUT2D eigenvalue weighted by Crippen LogP contribution is -2.55. The van der Waals surface area contributed by atoms with Crippen LogP contribution < -0.4 is 27.0 Å².